The van der Waals surface area contributed by atoms with Crippen molar-refractivity contribution in [2.24, 2.45) is 0 Å². The molecule has 3 rings (SSSR count). The molecule has 9 heteroatoms. The molecule has 6 nitrogen and oxygen atoms in total. The van der Waals surface area contributed by atoms with Gasteiger partial charge in [0, 0.05) is 23.2 Å². The number of nitrogens with zero attached hydrogens (tertiary/aromatic N) is 2. The van der Waals surface area contributed by atoms with Crippen molar-refractivity contribution in [1.82, 2.24) is 9.97 Å². The van der Waals surface area contributed by atoms with E-state index in [9.17, 15) is 13.2 Å². The van der Waals surface area contributed by atoms with Gasteiger partial charge < -0.3 is 21.5 Å². The smallest absolute Gasteiger partial charge is 0.405 e. The van der Waals surface area contributed by atoms with Crippen LogP contribution in [0.3, 0.4) is 0 Å². The van der Waals surface area contributed by atoms with Crippen LogP contribution in [0.1, 0.15) is 5.56 Å². The number of alkyl halides is 3. The van der Waals surface area contributed by atoms with Gasteiger partial charge in [0.15, 0.2) is 0 Å². The normalized spacial score (nSPS) is 11.5. The first-order chi connectivity index (χ1) is 11.8. The van der Waals surface area contributed by atoms with Gasteiger partial charge in [-0.15, -0.1) is 13.2 Å². The first kappa shape index (κ1) is 16.6. The van der Waals surface area contributed by atoms with Gasteiger partial charge in [0.25, 0.3) is 0 Å². The van der Waals surface area contributed by atoms with E-state index in [2.05, 4.69) is 20.0 Å². The van der Waals surface area contributed by atoms with Crippen molar-refractivity contribution in [3.8, 4) is 5.75 Å². The van der Waals surface area contributed by atoms with Crippen molar-refractivity contribution in [1.29, 1.82) is 0 Å². The maximum absolute atomic E-state index is 12.5. The summed E-state index contributed by atoms with van der Waals surface area (Å²) in [6.07, 6.45) is -4.75. The highest BCUT2D eigenvalue weighted by Crippen LogP contribution is 2.28. The Bertz CT molecular complexity index is 914. The molecule has 5 N–H and O–H groups in total. The summed E-state index contributed by atoms with van der Waals surface area (Å²) in [6.45, 7) is 0.132. The number of para-hydroxylation sites is 1. The zero-order valence-electron chi connectivity index (χ0n) is 12.8. The standard InChI is InChI=1S/C16H14F3N5O/c17-16(18,19)25-13-4-2-1-3-9(13)8-22-10-5-6-12-11(7-10)14(20)24-15(21)23-12/h1-7,22H,8H2,(H4,20,21,23,24). The molecule has 0 radical (unpaired) electrons. The third kappa shape index (κ3) is 4.00. The molecule has 0 saturated heterocycles. The van der Waals surface area contributed by atoms with Crippen LogP contribution in [-0.2, 0) is 6.54 Å². The number of hydrogen-bond acceptors (Lipinski definition) is 6. The lowest BCUT2D eigenvalue weighted by Crippen LogP contribution is -2.18. The number of anilines is 3. The van der Waals surface area contributed by atoms with E-state index in [0.29, 0.717) is 22.2 Å². The number of hydrogen-bond donors (Lipinski definition) is 3. The molecule has 130 valence electrons. The molecule has 0 aliphatic heterocycles. The Balaban J connectivity index is 1.81. The van der Waals surface area contributed by atoms with Crippen molar-refractivity contribution >= 4 is 28.4 Å². The van der Waals surface area contributed by atoms with E-state index in [1.54, 1.807) is 30.3 Å². The number of aromatic nitrogens is 2. The highest BCUT2D eigenvalue weighted by molar-refractivity contribution is 5.91. The number of rotatable bonds is 4. The predicted octanol–water partition coefficient (Wildman–Crippen LogP) is 3.30. The first-order valence-electron chi connectivity index (χ1n) is 7.22. The summed E-state index contributed by atoms with van der Waals surface area (Å²) < 4.78 is 41.4. The zero-order chi connectivity index (χ0) is 18.0. The average molecular weight is 349 g/mol. The lowest BCUT2D eigenvalue weighted by Gasteiger charge is -2.14. The Morgan fingerprint density at radius 2 is 1.80 bits per heavy atom. The van der Waals surface area contributed by atoms with Crippen LogP contribution in [0, 0.1) is 0 Å². The van der Waals surface area contributed by atoms with Crippen LogP contribution in [-0.4, -0.2) is 16.3 Å². The maximum Gasteiger partial charge on any atom is 0.573 e. The zero-order valence-corrected chi connectivity index (χ0v) is 12.8. The predicted molar refractivity (Wildman–Crippen MR) is 88.8 cm³/mol. The largest absolute Gasteiger partial charge is 0.573 e. The number of halogens is 3. The Morgan fingerprint density at radius 3 is 2.56 bits per heavy atom. The summed E-state index contributed by atoms with van der Waals surface area (Å²) in [5, 5.41) is 3.63. The monoisotopic (exact) mass is 349 g/mol. The summed E-state index contributed by atoms with van der Waals surface area (Å²) >= 11 is 0. The maximum atomic E-state index is 12.5. The average Bonchev–Trinajstić information content (AvgIpc) is 2.53. The topological polar surface area (TPSA) is 99.1 Å². The fourth-order valence-corrected chi connectivity index (χ4v) is 2.35. The molecule has 0 fully saturated rings. The first-order valence-corrected chi connectivity index (χ1v) is 7.22. The van der Waals surface area contributed by atoms with E-state index in [1.165, 1.54) is 12.1 Å². The SMILES string of the molecule is Nc1nc(N)c2cc(NCc3ccccc3OC(F)(F)F)ccc2n1. The molecule has 1 heterocycles. The molecule has 25 heavy (non-hydrogen) atoms. The molecule has 0 atom stereocenters. The van der Waals surface area contributed by atoms with Gasteiger partial charge in [-0.1, -0.05) is 18.2 Å². The summed E-state index contributed by atoms with van der Waals surface area (Å²) in [6, 6.07) is 11.0. The third-order valence-electron chi connectivity index (χ3n) is 3.42. The number of ether oxygens (including phenoxy) is 1. The van der Waals surface area contributed by atoms with Crippen molar-refractivity contribution < 1.29 is 17.9 Å². The molecule has 0 aliphatic rings. The van der Waals surface area contributed by atoms with Crippen molar-refractivity contribution in [3.63, 3.8) is 0 Å². The summed E-state index contributed by atoms with van der Waals surface area (Å²) in [5.41, 5.74) is 13.0. The Morgan fingerprint density at radius 1 is 1.04 bits per heavy atom. The summed E-state index contributed by atoms with van der Waals surface area (Å²) in [4.78, 5) is 7.95. The van der Waals surface area contributed by atoms with Gasteiger partial charge in [-0.2, -0.15) is 4.98 Å². The van der Waals surface area contributed by atoms with Crippen LogP contribution in [0.5, 0.6) is 5.75 Å². The molecule has 0 unspecified atom stereocenters. The molecule has 0 aliphatic carbocycles. The number of fused-ring (bicyclic) bond motifs is 1. The molecule has 0 amide bonds. The van der Waals surface area contributed by atoms with Gasteiger partial charge in [-0.25, -0.2) is 4.98 Å². The van der Waals surface area contributed by atoms with E-state index >= 15 is 0 Å². The molecule has 0 saturated carbocycles. The van der Waals surface area contributed by atoms with Crippen LogP contribution in [0.15, 0.2) is 42.5 Å². The number of nitrogens with two attached hydrogens (primary N) is 2. The Labute approximate surface area is 140 Å². The lowest BCUT2D eigenvalue weighted by atomic mass is 10.1. The number of nitrogens with one attached hydrogen (secondary N) is 1. The van der Waals surface area contributed by atoms with Crippen molar-refractivity contribution in [2.45, 2.75) is 12.9 Å². The van der Waals surface area contributed by atoms with Crippen LogP contribution in [0.4, 0.5) is 30.6 Å². The Kier molecular flexibility index (Phi) is 4.22. The summed E-state index contributed by atoms with van der Waals surface area (Å²) in [7, 11) is 0. The molecule has 0 bridgehead atoms. The fourth-order valence-electron chi connectivity index (χ4n) is 2.35. The molecular formula is C16H14F3N5O. The van der Waals surface area contributed by atoms with Gasteiger partial charge in [0.1, 0.15) is 11.6 Å². The highest BCUT2D eigenvalue weighted by Gasteiger charge is 2.31. The van der Waals surface area contributed by atoms with Gasteiger partial charge in [0.05, 0.1) is 5.52 Å². The van der Waals surface area contributed by atoms with Gasteiger partial charge in [-0.05, 0) is 24.3 Å². The lowest BCUT2D eigenvalue weighted by molar-refractivity contribution is -0.274. The quantitative estimate of drug-likeness (QED) is 0.668. The molecule has 3 aromatic rings. The van der Waals surface area contributed by atoms with Crippen LogP contribution >= 0.6 is 0 Å². The van der Waals surface area contributed by atoms with E-state index in [1.807, 2.05) is 0 Å². The molecular weight excluding hydrogens is 335 g/mol. The third-order valence-corrected chi connectivity index (χ3v) is 3.42. The second kappa shape index (κ2) is 6.34. The fraction of sp³-hybridized carbons (Fsp3) is 0.125. The van der Waals surface area contributed by atoms with Gasteiger partial charge in [-0.3, -0.25) is 0 Å². The highest BCUT2D eigenvalue weighted by atomic mass is 19.4. The molecule has 0 spiro atoms. The Hall–Kier alpha value is -3.23. The molecule has 2 aromatic carbocycles. The number of benzene rings is 2. The van der Waals surface area contributed by atoms with Gasteiger partial charge >= 0.3 is 6.36 Å². The van der Waals surface area contributed by atoms with E-state index in [0.717, 1.165) is 0 Å². The van der Waals surface area contributed by atoms with Crippen molar-refractivity contribution in [2.75, 3.05) is 16.8 Å². The minimum atomic E-state index is -4.75. The second-order valence-electron chi connectivity index (χ2n) is 5.21. The van der Waals surface area contributed by atoms with E-state index in [-0.39, 0.29) is 24.1 Å². The van der Waals surface area contributed by atoms with Gasteiger partial charge in [0.2, 0.25) is 5.95 Å². The minimum absolute atomic E-state index is 0.0731. The van der Waals surface area contributed by atoms with Crippen LogP contribution in [0.2, 0.25) is 0 Å². The van der Waals surface area contributed by atoms with E-state index in [4.69, 9.17) is 11.5 Å². The number of nitrogen functional groups attached to an aromatic ring is 2. The summed E-state index contributed by atoms with van der Waals surface area (Å²) in [5.74, 6) is 0.0507. The van der Waals surface area contributed by atoms with Crippen LogP contribution in [0.25, 0.3) is 10.9 Å². The molecule has 1 aromatic heterocycles. The second-order valence-corrected chi connectivity index (χ2v) is 5.21. The van der Waals surface area contributed by atoms with Crippen molar-refractivity contribution in [3.05, 3.63) is 48.0 Å². The minimum Gasteiger partial charge on any atom is -0.405 e. The van der Waals surface area contributed by atoms with Crippen LogP contribution < -0.4 is 21.5 Å². The van der Waals surface area contributed by atoms with E-state index < -0.39 is 6.36 Å².